The van der Waals surface area contributed by atoms with Crippen molar-refractivity contribution in [2.45, 2.75) is 77.3 Å². The average molecular weight is 442 g/mol. The second kappa shape index (κ2) is 10.1. The van der Waals surface area contributed by atoms with E-state index in [2.05, 4.69) is 37.5 Å². The van der Waals surface area contributed by atoms with E-state index in [9.17, 15) is 0 Å². The van der Waals surface area contributed by atoms with Crippen molar-refractivity contribution < 1.29 is 19.5 Å². The molecule has 0 aromatic rings. The van der Waals surface area contributed by atoms with Crippen LogP contribution in [0.15, 0.2) is 0 Å². The molecule has 0 spiro atoms. The standard InChI is InChI=1S/2C8H15NS2.Zn/c2*1-8(2)5-3-4-6-9(8)7(10)11;/h2*3-6H2,1-2H3,(H,10,11);/q;;+2/p-2. The van der Waals surface area contributed by atoms with Gasteiger partial charge >= 0.3 is 19.5 Å². The van der Waals surface area contributed by atoms with Crippen LogP contribution >= 0.6 is 24.4 Å². The Morgan fingerprint density at radius 3 is 1.22 bits per heavy atom. The first-order chi connectivity index (χ1) is 10.1. The average Bonchev–Trinajstić information content (AvgIpc) is 2.37. The maximum Gasteiger partial charge on any atom is 2.00 e. The molecule has 0 unspecified atom stereocenters. The fourth-order valence-electron chi connectivity index (χ4n) is 3.21. The zero-order valence-electron chi connectivity index (χ0n) is 14.9. The van der Waals surface area contributed by atoms with Crippen molar-refractivity contribution in [1.29, 1.82) is 0 Å². The first kappa shape index (κ1) is 23.8. The Balaban J connectivity index is 0.000000403. The van der Waals surface area contributed by atoms with E-state index in [-0.39, 0.29) is 30.6 Å². The van der Waals surface area contributed by atoms with E-state index in [1.54, 1.807) is 0 Å². The van der Waals surface area contributed by atoms with E-state index in [1.165, 1.54) is 38.5 Å². The second-order valence-electron chi connectivity index (χ2n) is 7.37. The van der Waals surface area contributed by atoms with Gasteiger partial charge in [-0.25, -0.2) is 0 Å². The number of nitrogens with zero attached hydrogens (tertiary/aromatic N) is 2. The molecule has 2 saturated heterocycles. The zero-order valence-corrected chi connectivity index (χ0v) is 21.1. The molecule has 23 heavy (non-hydrogen) atoms. The molecule has 0 aromatic carbocycles. The van der Waals surface area contributed by atoms with Gasteiger partial charge in [0.15, 0.2) is 0 Å². The Hall–Kier alpha value is 0.843. The monoisotopic (exact) mass is 440 g/mol. The van der Waals surface area contributed by atoms with Crippen molar-refractivity contribution in [3.05, 3.63) is 0 Å². The van der Waals surface area contributed by atoms with Gasteiger partial charge in [0.05, 0.1) is 0 Å². The summed E-state index contributed by atoms with van der Waals surface area (Å²) >= 11 is 20.0. The van der Waals surface area contributed by atoms with Gasteiger partial charge in [-0.3, -0.25) is 0 Å². The maximum absolute atomic E-state index is 5.01. The molecule has 2 nitrogen and oxygen atoms in total. The Bertz CT molecular complexity index is 375. The molecule has 0 bridgehead atoms. The van der Waals surface area contributed by atoms with Gasteiger partial charge in [-0.1, -0.05) is 8.64 Å². The molecule has 0 saturated carbocycles. The zero-order chi connectivity index (χ0) is 17.0. The van der Waals surface area contributed by atoms with E-state index >= 15 is 0 Å². The van der Waals surface area contributed by atoms with Crippen LogP contribution in [0.5, 0.6) is 0 Å². The van der Waals surface area contributed by atoms with E-state index in [1.807, 2.05) is 0 Å². The summed E-state index contributed by atoms with van der Waals surface area (Å²) in [6, 6.07) is 0. The molecule has 0 radical (unpaired) electrons. The molecule has 128 valence electrons. The molecule has 2 rings (SSSR count). The van der Waals surface area contributed by atoms with Crippen molar-refractivity contribution in [3.63, 3.8) is 0 Å². The molecule has 0 aliphatic carbocycles. The van der Waals surface area contributed by atoms with E-state index in [0.29, 0.717) is 8.64 Å². The van der Waals surface area contributed by atoms with Crippen LogP contribution in [0.25, 0.3) is 0 Å². The van der Waals surface area contributed by atoms with Crippen LogP contribution in [0.1, 0.15) is 66.2 Å². The molecule has 2 aliphatic rings. The summed E-state index contributed by atoms with van der Waals surface area (Å²) in [5.41, 5.74) is 0.411. The van der Waals surface area contributed by atoms with Crippen LogP contribution in [0.3, 0.4) is 0 Å². The summed E-state index contributed by atoms with van der Waals surface area (Å²) in [6.45, 7) is 11.0. The minimum Gasteiger partial charge on any atom is -0.411 e. The smallest absolute Gasteiger partial charge is 0.411 e. The van der Waals surface area contributed by atoms with Crippen LogP contribution in [0.2, 0.25) is 0 Å². The van der Waals surface area contributed by atoms with E-state index in [0.717, 1.165) is 13.1 Å². The summed E-state index contributed by atoms with van der Waals surface area (Å²) in [6.07, 6.45) is 7.51. The normalized spacial score (nSPS) is 22.3. The maximum atomic E-state index is 5.01. The van der Waals surface area contributed by atoms with Crippen molar-refractivity contribution in [3.8, 4) is 0 Å². The third kappa shape index (κ3) is 7.31. The number of thiocarbonyl (C=S) groups is 2. The molecule has 2 heterocycles. The molecule has 2 fully saturated rings. The summed E-state index contributed by atoms with van der Waals surface area (Å²) in [4.78, 5) is 4.34. The molecule has 0 atom stereocenters. The van der Waals surface area contributed by atoms with Gasteiger partial charge in [-0.15, -0.1) is 0 Å². The fourth-order valence-corrected chi connectivity index (χ4v) is 4.56. The minimum absolute atomic E-state index is 0. The quantitative estimate of drug-likeness (QED) is 0.314. The van der Waals surface area contributed by atoms with Gasteiger partial charge in [0.2, 0.25) is 0 Å². The minimum atomic E-state index is 0. The summed E-state index contributed by atoms with van der Waals surface area (Å²) < 4.78 is 1.27. The number of rotatable bonds is 0. The summed E-state index contributed by atoms with van der Waals surface area (Å²) in [5, 5.41) is 0. The third-order valence-electron chi connectivity index (χ3n) is 4.74. The predicted octanol–water partition coefficient (Wildman–Crippen LogP) is 4.16. The van der Waals surface area contributed by atoms with Crippen LogP contribution < -0.4 is 0 Å². The summed E-state index contributed by atoms with van der Waals surface area (Å²) in [7, 11) is 0. The summed E-state index contributed by atoms with van der Waals surface area (Å²) in [5.74, 6) is 0. The Morgan fingerprint density at radius 1 is 0.739 bits per heavy atom. The number of piperidine rings is 2. The molecule has 0 amide bonds. The van der Waals surface area contributed by atoms with Crippen LogP contribution in [-0.2, 0) is 44.7 Å². The number of hydrogen-bond acceptors (Lipinski definition) is 4. The Kier molecular flexibility index (Phi) is 10.5. The number of hydrogen-bond donors (Lipinski definition) is 0. The molecule has 0 aromatic heterocycles. The SMILES string of the molecule is CC1(C)CCCCN1C(=S)[S-].CC1(C)CCCCN1C(=S)[S-].[Zn+2]. The van der Waals surface area contributed by atoms with Gasteiger partial charge in [0, 0.05) is 24.2 Å². The van der Waals surface area contributed by atoms with Crippen LogP contribution in [0, 0.1) is 0 Å². The first-order valence-electron chi connectivity index (χ1n) is 8.05. The molecule has 2 aliphatic heterocycles. The van der Waals surface area contributed by atoms with Crippen molar-refractivity contribution >= 4 is 58.3 Å². The van der Waals surface area contributed by atoms with Gasteiger partial charge in [0.25, 0.3) is 0 Å². The van der Waals surface area contributed by atoms with Crippen molar-refractivity contribution in [2.24, 2.45) is 0 Å². The number of likely N-dealkylation sites (tertiary alicyclic amines) is 2. The molecule has 0 N–H and O–H groups in total. The molecule has 7 heteroatoms. The Labute approximate surface area is 177 Å². The topological polar surface area (TPSA) is 6.48 Å². The first-order valence-corrected chi connectivity index (χ1v) is 9.68. The van der Waals surface area contributed by atoms with Gasteiger partial charge in [-0.05, 0) is 66.2 Å². The predicted molar refractivity (Wildman–Crippen MR) is 109 cm³/mol. The van der Waals surface area contributed by atoms with E-state index in [4.69, 9.17) is 49.7 Å². The third-order valence-corrected chi connectivity index (χ3v) is 5.62. The molecular formula is C16H28N2S4Zn. The largest absolute Gasteiger partial charge is 2.00 e. The van der Waals surface area contributed by atoms with Crippen LogP contribution in [0.4, 0.5) is 0 Å². The fraction of sp³-hybridized carbons (Fsp3) is 0.875. The van der Waals surface area contributed by atoms with Crippen molar-refractivity contribution in [1.82, 2.24) is 9.80 Å². The second-order valence-corrected chi connectivity index (χ2v) is 9.44. The van der Waals surface area contributed by atoms with Crippen molar-refractivity contribution in [2.75, 3.05) is 13.1 Å². The van der Waals surface area contributed by atoms with Gasteiger partial charge in [0.1, 0.15) is 0 Å². The van der Waals surface area contributed by atoms with E-state index < -0.39 is 0 Å². The Morgan fingerprint density at radius 2 is 1.04 bits per heavy atom. The molecular weight excluding hydrogens is 414 g/mol. The van der Waals surface area contributed by atoms with Gasteiger partial charge in [-0.2, -0.15) is 0 Å². The van der Waals surface area contributed by atoms with Crippen LogP contribution in [-0.4, -0.2) is 42.6 Å². The van der Waals surface area contributed by atoms with Gasteiger partial charge < -0.3 is 59.5 Å².